The lowest BCUT2D eigenvalue weighted by molar-refractivity contribution is 0.716. The molecule has 0 saturated heterocycles. The Labute approximate surface area is 131 Å². The Hall–Kier alpha value is -1.94. The van der Waals surface area contributed by atoms with Crippen LogP contribution in [-0.2, 0) is 0 Å². The molecule has 1 heterocycles. The van der Waals surface area contributed by atoms with Crippen molar-refractivity contribution in [2.45, 2.75) is 33.7 Å². The molecule has 2 N–H and O–H groups in total. The predicted molar refractivity (Wildman–Crippen MR) is 92.7 cm³/mol. The smallest absolute Gasteiger partial charge is 0.172 e. The molecule has 110 valence electrons. The van der Waals surface area contributed by atoms with Crippen LogP contribution in [0, 0.1) is 20.8 Å². The Morgan fingerprint density at radius 3 is 2.57 bits per heavy atom. The van der Waals surface area contributed by atoms with Gasteiger partial charge < -0.3 is 10.6 Å². The summed E-state index contributed by atoms with van der Waals surface area (Å²) in [5, 5.41) is 7.05. The van der Waals surface area contributed by atoms with E-state index in [1.807, 2.05) is 19.1 Å². The maximum absolute atomic E-state index is 5.38. The van der Waals surface area contributed by atoms with Gasteiger partial charge in [-0.3, -0.25) is 0 Å². The van der Waals surface area contributed by atoms with Gasteiger partial charge in [-0.25, -0.2) is 4.98 Å². The highest BCUT2D eigenvalue weighted by molar-refractivity contribution is 7.80. The van der Waals surface area contributed by atoms with E-state index in [4.69, 9.17) is 12.2 Å². The number of nitrogens with zero attached hydrogens (tertiary/aromatic N) is 1. The van der Waals surface area contributed by atoms with Gasteiger partial charge in [0.2, 0.25) is 0 Å². The molecule has 21 heavy (non-hydrogen) atoms. The highest BCUT2D eigenvalue weighted by atomic mass is 32.1. The fourth-order valence-electron chi connectivity index (χ4n) is 2.35. The van der Waals surface area contributed by atoms with Crippen LogP contribution in [0.2, 0.25) is 0 Å². The van der Waals surface area contributed by atoms with Crippen molar-refractivity contribution in [3.63, 3.8) is 0 Å². The number of pyridine rings is 1. The van der Waals surface area contributed by atoms with Crippen molar-refractivity contribution in [1.29, 1.82) is 0 Å². The molecule has 1 atom stereocenters. The minimum atomic E-state index is 0.148. The number of benzene rings is 1. The molecule has 0 radical (unpaired) electrons. The largest absolute Gasteiger partial charge is 0.356 e. The monoisotopic (exact) mass is 299 g/mol. The van der Waals surface area contributed by atoms with E-state index >= 15 is 0 Å². The molecule has 0 unspecified atom stereocenters. The van der Waals surface area contributed by atoms with Crippen molar-refractivity contribution in [3.8, 4) is 0 Å². The van der Waals surface area contributed by atoms with E-state index in [-0.39, 0.29) is 6.04 Å². The molecule has 1 aromatic heterocycles. The van der Waals surface area contributed by atoms with Crippen LogP contribution in [0.4, 0.5) is 5.82 Å². The Bertz CT molecular complexity index is 652. The topological polar surface area (TPSA) is 37.0 Å². The zero-order valence-electron chi connectivity index (χ0n) is 12.9. The van der Waals surface area contributed by atoms with E-state index in [0.29, 0.717) is 5.11 Å². The first kappa shape index (κ1) is 15.4. The zero-order valence-corrected chi connectivity index (χ0v) is 13.7. The van der Waals surface area contributed by atoms with Gasteiger partial charge in [-0.2, -0.15) is 0 Å². The fourth-order valence-corrected chi connectivity index (χ4v) is 2.62. The summed E-state index contributed by atoms with van der Waals surface area (Å²) >= 11 is 5.38. The number of hydrogen-bond acceptors (Lipinski definition) is 2. The van der Waals surface area contributed by atoms with E-state index in [0.717, 1.165) is 11.4 Å². The second-order valence-corrected chi connectivity index (χ2v) is 5.76. The number of thiocarbonyl (C=S) groups is 1. The standard InChI is InChI=1S/C17H21N3S/c1-11-7-8-15(13(3)10-11)14(4)19-17(21)20-16-12(2)6-5-9-18-16/h5-10,14H,1-4H3,(H2,18,19,20,21)/t14-/m0/s1. The van der Waals surface area contributed by atoms with Gasteiger partial charge >= 0.3 is 0 Å². The summed E-state index contributed by atoms with van der Waals surface area (Å²) in [4.78, 5) is 4.29. The van der Waals surface area contributed by atoms with Crippen molar-refractivity contribution in [1.82, 2.24) is 10.3 Å². The second-order valence-electron chi connectivity index (χ2n) is 5.35. The molecular formula is C17H21N3S. The lowest BCUT2D eigenvalue weighted by Crippen LogP contribution is -2.31. The van der Waals surface area contributed by atoms with E-state index in [9.17, 15) is 0 Å². The van der Waals surface area contributed by atoms with Crippen LogP contribution in [0.15, 0.2) is 36.5 Å². The van der Waals surface area contributed by atoms with Crippen molar-refractivity contribution in [3.05, 3.63) is 58.8 Å². The first-order valence-electron chi connectivity index (χ1n) is 7.03. The summed E-state index contributed by atoms with van der Waals surface area (Å²) in [6, 6.07) is 10.5. The maximum Gasteiger partial charge on any atom is 0.172 e. The zero-order chi connectivity index (χ0) is 15.4. The minimum Gasteiger partial charge on any atom is -0.356 e. The van der Waals surface area contributed by atoms with Crippen molar-refractivity contribution in [2.75, 3.05) is 5.32 Å². The third-order valence-electron chi connectivity index (χ3n) is 3.48. The van der Waals surface area contributed by atoms with Crippen molar-refractivity contribution in [2.24, 2.45) is 0 Å². The molecule has 3 nitrogen and oxygen atoms in total. The molecule has 0 aliphatic rings. The predicted octanol–water partition coefficient (Wildman–Crippen LogP) is 4.05. The molecule has 0 bridgehead atoms. The van der Waals surface area contributed by atoms with Crippen LogP contribution >= 0.6 is 12.2 Å². The number of aryl methyl sites for hydroxylation is 3. The average Bonchev–Trinajstić information content (AvgIpc) is 2.41. The third-order valence-corrected chi connectivity index (χ3v) is 3.70. The van der Waals surface area contributed by atoms with Gasteiger partial charge in [-0.15, -0.1) is 0 Å². The van der Waals surface area contributed by atoms with Crippen molar-refractivity contribution < 1.29 is 0 Å². The van der Waals surface area contributed by atoms with Gasteiger partial charge in [0.1, 0.15) is 5.82 Å². The second kappa shape index (κ2) is 6.68. The number of aromatic nitrogens is 1. The molecule has 0 fully saturated rings. The molecule has 2 aromatic rings. The van der Waals surface area contributed by atoms with Gasteiger partial charge in [-0.05, 0) is 62.7 Å². The molecule has 0 amide bonds. The van der Waals surface area contributed by atoms with E-state index in [1.54, 1.807) is 6.20 Å². The fraction of sp³-hybridized carbons (Fsp3) is 0.294. The number of hydrogen-bond donors (Lipinski definition) is 2. The lowest BCUT2D eigenvalue weighted by Gasteiger charge is -2.19. The molecule has 0 aliphatic heterocycles. The normalized spacial score (nSPS) is 11.8. The first-order chi connectivity index (χ1) is 9.97. The van der Waals surface area contributed by atoms with Crippen LogP contribution in [0.25, 0.3) is 0 Å². The number of nitrogens with one attached hydrogen (secondary N) is 2. The van der Waals surface area contributed by atoms with Crippen LogP contribution in [-0.4, -0.2) is 10.1 Å². The van der Waals surface area contributed by atoms with Crippen LogP contribution in [0.3, 0.4) is 0 Å². The van der Waals surface area contributed by atoms with E-state index in [1.165, 1.54) is 16.7 Å². The first-order valence-corrected chi connectivity index (χ1v) is 7.44. The Morgan fingerprint density at radius 2 is 1.90 bits per heavy atom. The maximum atomic E-state index is 5.38. The van der Waals surface area contributed by atoms with Gasteiger partial charge in [-0.1, -0.05) is 29.8 Å². The summed E-state index contributed by atoms with van der Waals surface area (Å²) in [7, 11) is 0. The number of anilines is 1. The quantitative estimate of drug-likeness (QED) is 0.838. The summed E-state index contributed by atoms with van der Waals surface area (Å²) in [6.07, 6.45) is 1.76. The Kier molecular flexibility index (Phi) is 4.91. The summed E-state index contributed by atoms with van der Waals surface area (Å²) < 4.78 is 0. The third kappa shape index (κ3) is 4.02. The van der Waals surface area contributed by atoms with Gasteiger partial charge in [0.25, 0.3) is 0 Å². The van der Waals surface area contributed by atoms with Crippen LogP contribution in [0.5, 0.6) is 0 Å². The van der Waals surface area contributed by atoms with E-state index in [2.05, 4.69) is 54.6 Å². The highest BCUT2D eigenvalue weighted by Gasteiger charge is 2.10. The van der Waals surface area contributed by atoms with Crippen LogP contribution in [0.1, 0.15) is 35.2 Å². The molecule has 0 spiro atoms. The summed E-state index contributed by atoms with van der Waals surface area (Å²) in [5.41, 5.74) is 4.86. The number of rotatable bonds is 3. The molecular weight excluding hydrogens is 278 g/mol. The van der Waals surface area contributed by atoms with Gasteiger partial charge in [0.15, 0.2) is 5.11 Å². The Balaban J connectivity index is 2.04. The summed E-state index contributed by atoms with van der Waals surface area (Å²) in [5.74, 6) is 0.794. The Morgan fingerprint density at radius 1 is 1.14 bits per heavy atom. The van der Waals surface area contributed by atoms with Gasteiger partial charge in [0.05, 0.1) is 6.04 Å². The van der Waals surface area contributed by atoms with Crippen molar-refractivity contribution >= 4 is 23.1 Å². The van der Waals surface area contributed by atoms with E-state index < -0.39 is 0 Å². The molecule has 4 heteroatoms. The average molecular weight is 299 g/mol. The minimum absolute atomic E-state index is 0.148. The molecule has 0 aliphatic carbocycles. The van der Waals surface area contributed by atoms with Gasteiger partial charge in [0, 0.05) is 6.20 Å². The molecule has 1 aromatic carbocycles. The molecule has 0 saturated carbocycles. The highest BCUT2D eigenvalue weighted by Crippen LogP contribution is 2.19. The molecule has 2 rings (SSSR count). The SMILES string of the molecule is Cc1ccc([C@H](C)NC(=S)Nc2ncccc2C)c(C)c1. The summed E-state index contributed by atoms with van der Waals surface area (Å²) in [6.45, 7) is 8.34. The van der Waals surface area contributed by atoms with Crippen LogP contribution < -0.4 is 10.6 Å². The lowest BCUT2D eigenvalue weighted by atomic mass is 10.0.